The first-order chi connectivity index (χ1) is 12.8. The average Bonchev–Trinajstić information content (AvgIpc) is 3.27. The maximum absolute atomic E-state index is 4.70. The van der Waals surface area contributed by atoms with Crippen molar-refractivity contribution in [1.82, 2.24) is 29.4 Å². The maximum atomic E-state index is 4.70. The van der Waals surface area contributed by atoms with Gasteiger partial charge < -0.3 is 0 Å². The Labute approximate surface area is 157 Å². The van der Waals surface area contributed by atoms with E-state index in [4.69, 9.17) is 4.98 Å². The zero-order chi connectivity index (χ0) is 17.5. The first kappa shape index (κ1) is 15.2. The molecule has 0 atom stereocenters. The molecular weight excluding hydrogens is 392 g/mol. The van der Waals surface area contributed by atoms with Crippen LogP contribution >= 0.6 is 15.9 Å². The van der Waals surface area contributed by atoms with Crippen molar-refractivity contribution < 1.29 is 0 Å². The Morgan fingerprint density at radius 3 is 2.54 bits per heavy atom. The minimum atomic E-state index is 0.668. The Bertz CT molecular complexity index is 1210. The SMILES string of the molecule is Brc1ccc(-c2nc3c4cnn(Cc5ccccc5)c4ncn3n2)cc1. The summed E-state index contributed by atoms with van der Waals surface area (Å²) in [7, 11) is 0. The third kappa shape index (κ3) is 2.57. The third-order valence-corrected chi connectivity index (χ3v) is 4.78. The van der Waals surface area contributed by atoms with Crippen LogP contribution in [0.4, 0.5) is 0 Å². The zero-order valence-corrected chi connectivity index (χ0v) is 15.2. The molecule has 0 N–H and O–H groups in total. The summed E-state index contributed by atoms with van der Waals surface area (Å²) in [6.45, 7) is 0.668. The van der Waals surface area contributed by atoms with Gasteiger partial charge in [-0.25, -0.2) is 19.2 Å². The predicted molar refractivity (Wildman–Crippen MR) is 103 cm³/mol. The van der Waals surface area contributed by atoms with Gasteiger partial charge in [-0.1, -0.05) is 58.4 Å². The minimum Gasteiger partial charge on any atom is -0.243 e. The molecule has 126 valence electrons. The first-order valence-electron chi connectivity index (χ1n) is 8.15. The lowest BCUT2D eigenvalue weighted by Crippen LogP contribution is -2.03. The van der Waals surface area contributed by atoms with E-state index in [-0.39, 0.29) is 0 Å². The van der Waals surface area contributed by atoms with E-state index in [0.717, 1.165) is 26.7 Å². The van der Waals surface area contributed by atoms with Gasteiger partial charge in [0.2, 0.25) is 0 Å². The number of halogens is 1. The van der Waals surface area contributed by atoms with Gasteiger partial charge in [0, 0.05) is 10.0 Å². The van der Waals surface area contributed by atoms with Gasteiger partial charge in [0.15, 0.2) is 17.1 Å². The molecule has 0 spiro atoms. The molecule has 3 heterocycles. The molecule has 0 aliphatic rings. The van der Waals surface area contributed by atoms with Gasteiger partial charge in [-0.3, -0.25) is 0 Å². The lowest BCUT2D eigenvalue weighted by Gasteiger charge is -2.02. The highest BCUT2D eigenvalue weighted by Crippen LogP contribution is 2.22. The fourth-order valence-corrected chi connectivity index (χ4v) is 3.23. The number of rotatable bonds is 3. The van der Waals surface area contributed by atoms with Crippen LogP contribution in [0.1, 0.15) is 5.56 Å². The van der Waals surface area contributed by atoms with Gasteiger partial charge in [-0.05, 0) is 17.7 Å². The van der Waals surface area contributed by atoms with Crippen LogP contribution in [-0.4, -0.2) is 29.4 Å². The predicted octanol–water partition coefficient (Wildman–Crippen LogP) is 3.95. The molecule has 0 aliphatic heterocycles. The van der Waals surface area contributed by atoms with Crippen molar-refractivity contribution in [3.63, 3.8) is 0 Å². The first-order valence-corrected chi connectivity index (χ1v) is 8.94. The number of aromatic nitrogens is 6. The standard InChI is InChI=1S/C19H13BrN6/c20-15-8-6-14(7-9-15)17-23-19-16-10-22-25(11-13-4-2-1-3-5-13)18(16)21-12-26(19)24-17/h1-10,12H,11H2. The summed E-state index contributed by atoms with van der Waals surface area (Å²) >= 11 is 3.45. The van der Waals surface area contributed by atoms with Crippen LogP contribution in [0, 0.1) is 0 Å². The fourth-order valence-electron chi connectivity index (χ4n) is 2.96. The Morgan fingerprint density at radius 1 is 0.923 bits per heavy atom. The molecule has 0 fully saturated rings. The molecule has 0 saturated carbocycles. The Hall–Kier alpha value is -3.06. The van der Waals surface area contributed by atoms with Crippen LogP contribution in [0.5, 0.6) is 0 Å². The largest absolute Gasteiger partial charge is 0.243 e. The van der Waals surface area contributed by atoms with Crippen molar-refractivity contribution in [3.8, 4) is 11.4 Å². The van der Waals surface area contributed by atoms with Crippen LogP contribution in [-0.2, 0) is 6.54 Å². The van der Waals surface area contributed by atoms with E-state index in [1.807, 2.05) is 47.1 Å². The highest BCUT2D eigenvalue weighted by Gasteiger charge is 2.13. The molecule has 5 rings (SSSR count). The molecule has 0 radical (unpaired) electrons. The van der Waals surface area contributed by atoms with E-state index in [1.54, 1.807) is 17.0 Å². The lowest BCUT2D eigenvalue weighted by molar-refractivity contribution is 0.702. The Kier molecular flexibility index (Phi) is 3.53. The molecule has 0 saturated heterocycles. The lowest BCUT2D eigenvalue weighted by atomic mass is 10.2. The second-order valence-electron chi connectivity index (χ2n) is 5.98. The maximum Gasteiger partial charge on any atom is 0.182 e. The van der Waals surface area contributed by atoms with E-state index in [2.05, 4.69) is 43.2 Å². The van der Waals surface area contributed by atoms with Gasteiger partial charge in [0.05, 0.1) is 18.1 Å². The summed E-state index contributed by atoms with van der Waals surface area (Å²) in [5.74, 6) is 0.669. The monoisotopic (exact) mass is 404 g/mol. The number of hydrogen-bond acceptors (Lipinski definition) is 4. The molecule has 26 heavy (non-hydrogen) atoms. The smallest absolute Gasteiger partial charge is 0.182 e. The molecule has 0 unspecified atom stereocenters. The van der Waals surface area contributed by atoms with E-state index in [9.17, 15) is 0 Å². The van der Waals surface area contributed by atoms with Crippen molar-refractivity contribution in [2.75, 3.05) is 0 Å². The molecule has 6 nitrogen and oxygen atoms in total. The summed E-state index contributed by atoms with van der Waals surface area (Å²) in [5.41, 5.74) is 3.70. The van der Waals surface area contributed by atoms with E-state index >= 15 is 0 Å². The van der Waals surface area contributed by atoms with Crippen molar-refractivity contribution >= 4 is 32.6 Å². The molecule has 0 amide bonds. The molecule has 2 aromatic carbocycles. The highest BCUT2D eigenvalue weighted by molar-refractivity contribution is 9.10. The second-order valence-corrected chi connectivity index (χ2v) is 6.90. The summed E-state index contributed by atoms with van der Waals surface area (Å²) in [5, 5.41) is 9.94. The summed E-state index contributed by atoms with van der Waals surface area (Å²) < 4.78 is 4.61. The van der Waals surface area contributed by atoms with Gasteiger partial charge >= 0.3 is 0 Å². The molecule has 0 aliphatic carbocycles. The molecular formula is C19H13BrN6. The van der Waals surface area contributed by atoms with Crippen molar-refractivity contribution in [2.24, 2.45) is 0 Å². The normalized spacial score (nSPS) is 11.4. The van der Waals surface area contributed by atoms with Gasteiger partial charge in [-0.15, -0.1) is 5.10 Å². The van der Waals surface area contributed by atoms with Crippen LogP contribution in [0.3, 0.4) is 0 Å². The van der Waals surface area contributed by atoms with Crippen LogP contribution in [0.25, 0.3) is 28.1 Å². The van der Waals surface area contributed by atoms with E-state index in [1.165, 1.54) is 5.56 Å². The number of fused-ring (bicyclic) bond motifs is 3. The van der Waals surface area contributed by atoms with Crippen LogP contribution in [0.2, 0.25) is 0 Å². The third-order valence-electron chi connectivity index (χ3n) is 4.25. The van der Waals surface area contributed by atoms with Crippen LogP contribution in [0.15, 0.2) is 71.6 Å². The fraction of sp³-hybridized carbons (Fsp3) is 0.0526. The Morgan fingerprint density at radius 2 is 1.73 bits per heavy atom. The van der Waals surface area contributed by atoms with Crippen LogP contribution < -0.4 is 0 Å². The second kappa shape index (κ2) is 6.03. The van der Waals surface area contributed by atoms with Gasteiger partial charge in [0.1, 0.15) is 6.33 Å². The summed E-state index contributed by atoms with van der Waals surface area (Å²) in [6, 6.07) is 18.1. The number of benzene rings is 2. The van der Waals surface area contributed by atoms with Gasteiger partial charge in [0.25, 0.3) is 0 Å². The number of hydrogen-bond donors (Lipinski definition) is 0. The van der Waals surface area contributed by atoms with E-state index < -0.39 is 0 Å². The molecule has 5 aromatic rings. The van der Waals surface area contributed by atoms with Gasteiger partial charge in [-0.2, -0.15) is 5.10 Å². The summed E-state index contributed by atoms with van der Waals surface area (Å²) in [4.78, 5) is 9.24. The van der Waals surface area contributed by atoms with Crippen molar-refractivity contribution in [2.45, 2.75) is 6.54 Å². The highest BCUT2D eigenvalue weighted by atomic mass is 79.9. The minimum absolute atomic E-state index is 0.668. The van der Waals surface area contributed by atoms with E-state index in [0.29, 0.717) is 12.4 Å². The molecule has 0 bridgehead atoms. The van der Waals surface area contributed by atoms with Crippen molar-refractivity contribution in [1.29, 1.82) is 0 Å². The van der Waals surface area contributed by atoms with Crippen molar-refractivity contribution in [3.05, 3.63) is 77.2 Å². The Balaban J connectivity index is 1.61. The molecule has 3 aromatic heterocycles. The topological polar surface area (TPSA) is 60.9 Å². The summed E-state index contributed by atoms with van der Waals surface area (Å²) in [6.07, 6.45) is 3.50. The molecule has 7 heteroatoms. The number of nitrogens with zero attached hydrogens (tertiary/aromatic N) is 6. The average molecular weight is 405 g/mol. The zero-order valence-electron chi connectivity index (χ0n) is 13.6. The quantitative estimate of drug-likeness (QED) is 0.456.